The molecule has 0 saturated carbocycles. The molecule has 0 aliphatic carbocycles. The maximum Gasteiger partial charge on any atom is 0.335 e. The Morgan fingerprint density at radius 2 is 1.21 bits per heavy atom. The molecule has 1 saturated heterocycles. The first kappa shape index (κ1) is 20.2. The van der Waals surface area contributed by atoms with Crippen LogP contribution in [0.15, 0.2) is 12.3 Å². The average Bonchev–Trinajstić information content (AvgIpc) is 2.64. The summed E-state index contributed by atoms with van der Waals surface area (Å²) in [5.74, 6) is 0. The van der Waals surface area contributed by atoms with Gasteiger partial charge in [-0.25, -0.2) is 0 Å². The molecule has 0 N–H and O–H groups in total. The first-order chi connectivity index (χ1) is 11.1. The summed E-state index contributed by atoms with van der Waals surface area (Å²) >= 11 is 0. The van der Waals surface area contributed by atoms with E-state index in [2.05, 4.69) is 62.3 Å². The molecule has 140 valence electrons. The topological polar surface area (TPSA) is 36.9 Å². The third-order valence-corrected chi connectivity index (χ3v) is 15.8. The van der Waals surface area contributed by atoms with Gasteiger partial charge in [-0.3, -0.25) is 0 Å². The number of ether oxygens (including phenoxy) is 1. The Hall–Kier alpha value is -0.146. The second-order valence-electron chi connectivity index (χ2n) is 8.50. The predicted molar refractivity (Wildman–Crippen MR) is 102 cm³/mol. The van der Waals surface area contributed by atoms with E-state index in [1.807, 2.05) is 6.08 Å². The Morgan fingerprint density at radius 1 is 0.750 bits per heavy atom. The summed E-state index contributed by atoms with van der Waals surface area (Å²) < 4.78 is 26.5. The van der Waals surface area contributed by atoms with Crippen molar-refractivity contribution >= 4 is 17.1 Å². The average molecular weight is 373 g/mol. The molecular weight excluding hydrogens is 336 g/mol. The van der Waals surface area contributed by atoms with Crippen molar-refractivity contribution in [3.63, 3.8) is 0 Å². The van der Waals surface area contributed by atoms with Gasteiger partial charge in [-0.1, -0.05) is 55.4 Å². The summed E-state index contributed by atoms with van der Waals surface area (Å²) in [6.45, 7) is 20.1. The normalized spacial score (nSPS) is 32.1. The lowest BCUT2D eigenvalue weighted by molar-refractivity contribution is -0.0377. The van der Waals surface area contributed by atoms with E-state index in [-0.39, 0.29) is 18.3 Å². The van der Waals surface area contributed by atoms with E-state index in [1.165, 1.54) is 0 Å². The minimum absolute atomic E-state index is 0.0166. The number of hydrogen-bond donors (Lipinski definition) is 0. The van der Waals surface area contributed by atoms with Crippen LogP contribution in [-0.2, 0) is 17.7 Å². The molecule has 0 spiro atoms. The molecule has 1 fully saturated rings. The molecule has 0 aromatic heterocycles. The highest BCUT2D eigenvalue weighted by molar-refractivity contribution is 6.84. The molecule has 24 heavy (non-hydrogen) atoms. The van der Waals surface area contributed by atoms with Crippen LogP contribution in [0.3, 0.4) is 0 Å². The first-order valence-electron chi connectivity index (χ1n) is 9.44. The molecule has 4 nitrogen and oxygen atoms in total. The van der Waals surface area contributed by atoms with Crippen LogP contribution in [0.2, 0.25) is 22.2 Å². The van der Waals surface area contributed by atoms with Gasteiger partial charge in [-0.05, 0) is 35.2 Å². The molecule has 6 heteroatoms. The van der Waals surface area contributed by atoms with Crippen LogP contribution in [0.5, 0.6) is 0 Å². The number of fused-ring (bicyclic) bond motifs is 1. The van der Waals surface area contributed by atoms with E-state index in [4.69, 9.17) is 17.7 Å². The quantitative estimate of drug-likeness (QED) is 0.632. The monoisotopic (exact) mass is 372 g/mol. The Bertz CT molecular complexity index is 446. The number of rotatable bonds is 4. The zero-order valence-corrected chi connectivity index (χ0v) is 18.8. The summed E-state index contributed by atoms with van der Waals surface area (Å²) in [5, 5.41) is 0. The van der Waals surface area contributed by atoms with E-state index in [9.17, 15) is 0 Å². The lowest BCUT2D eigenvalue weighted by atomic mass is 10.1. The van der Waals surface area contributed by atoms with Crippen molar-refractivity contribution in [1.82, 2.24) is 0 Å². The molecule has 0 aromatic rings. The highest BCUT2D eigenvalue weighted by Gasteiger charge is 2.61. The third-order valence-electron chi connectivity index (χ3n) is 5.53. The molecule has 0 radical (unpaired) electrons. The van der Waals surface area contributed by atoms with Gasteiger partial charge in [0.15, 0.2) is 0 Å². The largest absolute Gasteiger partial charge is 0.496 e. The van der Waals surface area contributed by atoms with E-state index < -0.39 is 17.1 Å². The summed E-state index contributed by atoms with van der Waals surface area (Å²) in [4.78, 5) is 0. The van der Waals surface area contributed by atoms with Crippen LogP contribution < -0.4 is 0 Å². The van der Waals surface area contributed by atoms with Gasteiger partial charge in [-0.2, -0.15) is 0 Å². The fourth-order valence-corrected chi connectivity index (χ4v) is 15.3. The van der Waals surface area contributed by atoms with E-state index in [0.29, 0.717) is 22.2 Å². The predicted octanol–water partition coefficient (Wildman–Crippen LogP) is 5.24. The van der Waals surface area contributed by atoms with Gasteiger partial charge in [0, 0.05) is 0 Å². The molecule has 3 atom stereocenters. The van der Waals surface area contributed by atoms with Crippen molar-refractivity contribution in [2.24, 2.45) is 0 Å². The fourth-order valence-electron chi connectivity index (χ4n) is 4.04. The minimum atomic E-state index is -2.48. The van der Waals surface area contributed by atoms with E-state index in [0.717, 1.165) is 0 Å². The molecular formula is C18H36O4Si2. The SMILES string of the molecule is CC(C)[Si]1(C(C)C)O[C@H]2[C@H](C)OC=C[C@@H]2O[Si](C(C)C)(C(C)C)O1. The first-order valence-corrected chi connectivity index (χ1v) is 13.4. The number of hydrogen-bond acceptors (Lipinski definition) is 4. The maximum absolute atomic E-state index is 7.12. The van der Waals surface area contributed by atoms with Crippen LogP contribution in [0.1, 0.15) is 62.3 Å². The fraction of sp³-hybridized carbons (Fsp3) is 0.889. The van der Waals surface area contributed by atoms with Crippen LogP contribution >= 0.6 is 0 Å². The summed E-state index contributed by atoms with van der Waals surface area (Å²) in [5.41, 5.74) is 1.47. The molecule has 0 amide bonds. The van der Waals surface area contributed by atoms with Crippen LogP contribution in [0.25, 0.3) is 0 Å². The van der Waals surface area contributed by atoms with Gasteiger partial charge in [-0.15, -0.1) is 0 Å². The Kier molecular flexibility index (Phi) is 6.08. The second-order valence-corrected chi connectivity index (χ2v) is 17.3. The summed E-state index contributed by atoms with van der Waals surface area (Å²) in [6.07, 6.45) is 3.62. The molecule has 0 unspecified atom stereocenters. The minimum Gasteiger partial charge on any atom is -0.496 e. The van der Waals surface area contributed by atoms with Gasteiger partial charge in [0.2, 0.25) is 0 Å². The van der Waals surface area contributed by atoms with Gasteiger partial charge in [0.1, 0.15) is 12.2 Å². The van der Waals surface area contributed by atoms with Crippen molar-refractivity contribution in [1.29, 1.82) is 0 Å². The van der Waals surface area contributed by atoms with Crippen LogP contribution in [0.4, 0.5) is 0 Å². The van der Waals surface area contributed by atoms with Crippen molar-refractivity contribution in [2.75, 3.05) is 0 Å². The maximum atomic E-state index is 7.12. The second kappa shape index (κ2) is 7.23. The van der Waals surface area contributed by atoms with E-state index in [1.54, 1.807) is 6.26 Å². The molecule has 2 rings (SSSR count). The van der Waals surface area contributed by atoms with Crippen molar-refractivity contribution in [3.8, 4) is 0 Å². The summed E-state index contributed by atoms with van der Waals surface area (Å²) in [6, 6.07) is 0. The van der Waals surface area contributed by atoms with Crippen molar-refractivity contribution in [3.05, 3.63) is 12.3 Å². The molecule has 2 heterocycles. The Balaban J connectivity index is 2.60. The third kappa shape index (κ3) is 3.28. The van der Waals surface area contributed by atoms with Gasteiger partial charge in [0.25, 0.3) is 0 Å². The van der Waals surface area contributed by atoms with Crippen LogP contribution in [-0.4, -0.2) is 35.4 Å². The zero-order valence-electron chi connectivity index (χ0n) is 16.8. The van der Waals surface area contributed by atoms with Gasteiger partial charge < -0.3 is 17.7 Å². The Labute approximate surface area is 150 Å². The van der Waals surface area contributed by atoms with Gasteiger partial charge in [0.05, 0.1) is 12.4 Å². The molecule has 0 aromatic carbocycles. The Morgan fingerprint density at radius 3 is 1.67 bits per heavy atom. The van der Waals surface area contributed by atoms with Crippen molar-refractivity contribution < 1.29 is 17.7 Å². The summed E-state index contributed by atoms with van der Waals surface area (Å²) in [7, 11) is -4.93. The van der Waals surface area contributed by atoms with Crippen molar-refractivity contribution in [2.45, 2.75) is 103 Å². The standard InChI is InChI=1S/C18H36O4Si2/c1-12(2)23(13(3)4)20-17-10-11-19-16(9)18(17)21-24(22-23,14(5)6)15(7)8/h10-18H,1-9H3/t16-,17-,18-/m0/s1. The van der Waals surface area contributed by atoms with E-state index >= 15 is 0 Å². The molecule has 2 aliphatic heterocycles. The lowest BCUT2D eigenvalue weighted by Crippen LogP contribution is -2.59. The molecule has 0 bridgehead atoms. The van der Waals surface area contributed by atoms with Gasteiger partial charge >= 0.3 is 17.1 Å². The lowest BCUT2D eigenvalue weighted by Gasteiger charge is -2.45. The molecule has 2 aliphatic rings. The highest BCUT2D eigenvalue weighted by Crippen LogP contribution is 2.48. The smallest absolute Gasteiger partial charge is 0.335 e. The zero-order chi connectivity index (χ0) is 18.3. The highest BCUT2D eigenvalue weighted by atomic mass is 28.5. The van der Waals surface area contributed by atoms with Crippen LogP contribution in [0, 0.1) is 0 Å².